The molecule has 4 rings (SSSR count). The van der Waals surface area contributed by atoms with E-state index in [0.29, 0.717) is 24.5 Å². The van der Waals surface area contributed by atoms with E-state index < -0.39 is 11.9 Å². The van der Waals surface area contributed by atoms with Crippen molar-refractivity contribution in [1.29, 1.82) is 0 Å². The number of fused-ring (bicyclic) bond motifs is 1. The summed E-state index contributed by atoms with van der Waals surface area (Å²) in [6.07, 6.45) is 5.14. The number of carbonyl (C=O) groups excluding carboxylic acids is 1. The summed E-state index contributed by atoms with van der Waals surface area (Å²) in [5, 5.41) is 17.9. The third-order valence-corrected chi connectivity index (χ3v) is 6.04. The summed E-state index contributed by atoms with van der Waals surface area (Å²) < 4.78 is 7.37. The standard InChI is InChI=1S/C21H27N3O4/c25-20(22-17-7-3-1-5-15(17)21(26)27)19-16-6-2-4-8-18(16)24(23-19)13-14-9-11-28-12-10-14/h2,4,6,8,14-15,17H,1,3,5,7,9-13H2,(H,22,25)(H,26,27)/t15-,17+/m1/s1. The van der Waals surface area contributed by atoms with E-state index in [-0.39, 0.29) is 11.9 Å². The van der Waals surface area contributed by atoms with E-state index in [1.165, 1.54) is 0 Å². The number of rotatable bonds is 5. The van der Waals surface area contributed by atoms with Gasteiger partial charge in [0.25, 0.3) is 5.91 Å². The lowest BCUT2D eigenvalue weighted by molar-refractivity contribution is -0.143. The van der Waals surface area contributed by atoms with E-state index in [1.54, 1.807) is 0 Å². The van der Waals surface area contributed by atoms with Gasteiger partial charge in [0.2, 0.25) is 0 Å². The van der Waals surface area contributed by atoms with Crippen LogP contribution >= 0.6 is 0 Å². The normalized spacial score (nSPS) is 23.6. The van der Waals surface area contributed by atoms with E-state index in [0.717, 1.165) is 56.3 Å². The van der Waals surface area contributed by atoms with Crippen LogP contribution in [0.4, 0.5) is 0 Å². The molecule has 1 aliphatic carbocycles. The Hall–Kier alpha value is -2.41. The Labute approximate surface area is 164 Å². The van der Waals surface area contributed by atoms with Crippen LogP contribution in [0.5, 0.6) is 0 Å². The quantitative estimate of drug-likeness (QED) is 0.825. The lowest BCUT2D eigenvalue weighted by atomic mass is 9.84. The second kappa shape index (κ2) is 8.31. The average Bonchev–Trinajstić information content (AvgIpc) is 3.08. The number of nitrogens with one attached hydrogen (secondary N) is 1. The molecule has 2 N–H and O–H groups in total. The van der Waals surface area contributed by atoms with Crippen molar-refractivity contribution in [3.8, 4) is 0 Å². The third kappa shape index (κ3) is 3.90. The molecule has 2 fully saturated rings. The summed E-state index contributed by atoms with van der Waals surface area (Å²) in [6.45, 7) is 2.31. The Kier molecular flexibility index (Phi) is 5.62. The number of carbonyl (C=O) groups is 2. The second-order valence-corrected chi connectivity index (χ2v) is 7.91. The number of benzene rings is 1. The maximum Gasteiger partial charge on any atom is 0.308 e. The molecule has 150 valence electrons. The molecule has 1 aliphatic heterocycles. The molecule has 1 aromatic heterocycles. The van der Waals surface area contributed by atoms with Gasteiger partial charge in [-0.05, 0) is 37.7 Å². The van der Waals surface area contributed by atoms with Gasteiger partial charge < -0.3 is 15.2 Å². The van der Waals surface area contributed by atoms with Crippen molar-refractivity contribution in [1.82, 2.24) is 15.1 Å². The van der Waals surface area contributed by atoms with Gasteiger partial charge in [-0.2, -0.15) is 5.10 Å². The SMILES string of the molecule is O=C(N[C@H]1CCCC[C@H]1C(=O)O)c1nn(CC2CCOCC2)c2ccccc12. The van der Waals surface area contributed by atoms with Crippen LogP contribution < -0.4 is 5.32 Å². The van der Waals surface area contributed by atoms with Gasteiger partial charge in [0, 0.05) is 31.2 Å². The first-order valence-corrected chi connectivity index (χ1v) is 10.2. The van der Waals surface area contributed by atoms with Gasteiger partial charge in [-0.1, -0.05) is 31.0 Å². The van der Waals surface area contributed by atoms with Gasteiger partial charge in [0.1, 0.15) is 0 Å². The molecule has 0 bridgehead atoms. The topological polar surface area (TPSA) is 93.5 Å². The molecule has 1 saturated carbocycles. The number of carboxylic acids is 1. The van der Waals surface area contributed by atoms with Crippen molar-refractivity contribution in [3.63, 3.8) is 0 Å². The predicted molar refractivity (Wildman–Crippen MR) is 104 cm³/mol. The van der Waals surface area contributed by atoms with Gasteiger partial charge in [-0.25, -0.2) is 0 Å². The third-order valence-electron chi connectivity index (χ3n) is 6.04. The Morgan fingerprint density at radius 1 is 1.14 bits per heavy atom. The second-order valence-electron chi connectivity index (χ2n) is 7.91. The molecule has 1 aromatic carbocycles. The maximum absolute atomic E-state index is 13.0. The van der Waals surface area contributed by atoms with Crippen molar-refractivity contribution in [2.24, 2.45) is 11.8 Å². The van der Waals surface area contributed by atoms with Gasteiger partial charge >= 0.3 is 5.97 Å². The molecule has 2 aromatic rings. The van der Waals surface area contributed by atoms with Crippen LogP contribution in [0.15, 0.2) is 24.3 Å². The Morgan fingerprint density at radius 3 is 2.68 bits per heavy atom. The van der Waals surface area contributed by atoms with Crippen LogP contribution in [0, 0.1) is 11.8 Å². The fraction of sp³-hybridized carbons (Fsp3) is 0.571. The number of para-hydroxylation sites is 1. The number of aromatic nitrogens is 2. The Bertz CT molecular complexity index is 856. The van der Waals surface area contributed by atoms with Crippen LogP contribution in [0.1, 0.15) is 49.0 Å². The average molecular weight is 385 g/mol. The summed E-state index contributed by atoms with van der Waals surface area (Å²) in [5.41, 5.74) is 1.33. The highest BCUT2D eigenvalue weighted by Gasteiger charge is 2.33. The largest absolute Gasteiger partial charge is 0.481 e. The number of carboxylic acid groups (broad SMARTS) is 1. The molecule has 0 radical (unpaired) electrons. The van der Waals surface area contributed by atoms with Crippen molar-refractivity contribution < 1.29 is 19.4 Å². The highest BCUT2D eigenvalue weighted by molar-refractivity contribution is 6.05. The minimum Gasteiger partial charge on any atom is -0.481 e. The summed E-state index contributed by atoms with van der Waals surface area (Å²) in [4.78, 5) is 24.5. The van der Waals surface area contributed by atoms with Crippen molar-refractivity contribution >= 4 is 22.8 Å². The smallest absolute Gasteiger partial charge is 0.308 e. The van der Waals surface area contributed by atoms with Crippen LogP contribution in [-0.2, 0) is 16.1 Å². The molecule has 2 atom stereocenters. The summed E-state index contributed by atoms with van der Waals surface area (Å²) in [7, 11) is 0. The first-order chi connectivity index (χ1) is 13.6. The molecule has 1 amide bonds. The number of aliphatic carboxylic acids is 1. The summed E-state index contributed by atoms with van der Waals surface area (Å²) >= 11 is 0. The summed E-state index contributed by atoms with van der Waals surface area (Å²) in [5.74, 6) is -1.14. The molecule has 1 saturated heterocycles. The van der Waals surface area contributed by atoms with Gasteiger partial charge in [-0.15, -0.1) is 0 Å². The minimum atomic E-state index is -0.833. The molecular weight excluding hydrogens is 358 g/mol. The number of nitrogens with zero attached hydrogens (tertiary/aromatic N) is 2. The molecule has 0 unspecified atom stereocenters. The van der Waals surface area contributed by atoms with Gasteiger partial charge in [0.05, 0.1) is 11.4 Å². The number of hydrogen-bond donors (Lipinski definition) is 2. The zero-order chi connectivity index (χ0) is 19.5. The highest BCUT2D eigenvalue weighted by Crippen LogP contribution is 2.26. The van der Waals surface area contributed by atoms with E-state index in [1.807, 2.05) is 28.9 Å². The number of amides is 1. The zero-order valence-electron chi connectivity index (χ0n) is 16.0. The molecule has 7 nitrogen and oxygen atoms in total. The summed E-state index contributed by atoms with van der Waals surface area (Å²) in [6, 6.07) is 7.42. The van der Waals surface area contributed by atoms with Crippen LogP contribution in [0.2, 0.25) is 0 Å². The number of ether oxygens (including phenoxy) is 1. The molecule has 2 aliphatic rings. The van der Waals surface area contributed by atoms with E-state index in [4.69, 9.17) is 4.74 Å². The highest BCUT2D eigenvalue weighted by atomic mass is 16.5. The Morgan fingerprint density at radius 2 is 1.89 bits per heavy atom. The van der Waals surface area contributed by atoms with E-state index in [9.17, 15) is 14.7 Å². The number of hydrogen-bond acceptors (Lipinski definition) is 4. The first kappa shape index (κ1) is 18.9. The lowest BCUT2D eigenvalue weighted by Gasteiger charge is -2.29. The lowest BCUT2D eigenvalue weighted by Crippen LogP contribution is -2.45. The van der Waals surface area contributed by atoms with E-state index in [2.05, 4.69) is 10.4 Å². The van der Waals surface area contributed by atoms with E-state index >= 15 is 0 Å². The fourth-order valence-electron chi connectivity index (χ4n) is 4.44. The minimum absolute atomic E-state index is 0.278. The van der Waals surface area contributed by atoms with Crippen LogP contribution in [0.25, 0.3) is 10.9 Å². The Balaban J connectivity index is 1.57. The molecular formula is C21H27N3O4. The first-order valence-electron chi connectivity index (χ1n) is 10.2. The van der Waals surface area contributed by atoms with Crippen molar-refractivity contribution in [2.45, 2.75) is 51.1 Å². The van der Waals surface area contributed by atoms with Gasteiger partial charge in [-0.3, -0.25) is 14.3 Å². The molecule has 7 heteroatoms. The van der Waals surface area contributed by atoms with Crippen LogP contribution in [-0.4, -0.2) is 46.0 Å². The zero-order valence-corrected chi connectivity index (χ0v) is 16.0. The monoisotopic (exact) mass is 385 g/mol. The van der Waals surface area contributed by atoms with Crippen molar-refractivity contribution in [3.05, 3.63) is 30.0 Å². The fourth-order valence-corrected chi connectivity index (χ4v) is 4.44. The van der Waals surface area contributed by atoms with Crippen molar-refractivity contribution in [2.75, 3.05) is 13.2 Å². The molecule has 28 heavy (non-hydrogen) atoms. The van der Waals surface area contributed by atoms with Gasteiger partial charge in [0.15, 0.2) is 5.69 Å². The van der Waals surface area contributed by atoms with Crippen LogP contribution in [0.3, 0.4) is 0 Å². The molecule has 2 heterocycles. The predicted octanol–water partition coefficient (Wildman–Crippen LogP) is 2.84. The molecule has 0 spiro atoms. The maximum atomic E-state index is 13.0.